The van der Waals surface area contributed by atoms with Crippen LogP contribution in [0.5, 0.6) is 0 Å². The van der Waals surface area contributed by atoms with Crippen LogP contribution < -0.4 is 5.32 Å². The van der Waals surface area contributed by atoms with Crippen molar-refractivity contribution in [2.75, 3.05) is 5.32 Å². The highest BCUT2D eigenvalue weighted by Crippen LogP contribution is 2.31. The molecule has 136 valence electrons. The van der Waals surface area contributed by atoms with E-state index >= 15 is 0 Å². The molecule has 1 heterocycles. The standard InChI is InChI=1S/C21H27N5/c1-7-21(6,22-18-12-11-14(2)13-17(18)5)20-23-24-25-26(20)19-15(3)9-8-10-16(19)4/h8-13,22H,7H2,1-6H3/t21-/m1/s1. The Kier molecular flexibility index (Phi) is 4.81. The number of nitrogens with zero attached hydrogens (tertiary/aromatic N) is 4. The molecule has 2 aromatic carbocycles. The van der Waals surface area contributed by atoms with Crippen LogP contribution in [0, 0.1) is 27.7 Å². The number of rotatable bonds is 5. The third kappa shape index (κ3) is 3.21. The summed E-state index contributed by atoms with van der Waals surface area (Å²) in [6.07, 6.45) is 0.853. The van der Waals surface area contributed by atoms with Crippen molar-refractivity contribution in [2.45, 2.75) is 53.5 Å². The molecule has 0 aliphatic carbocycles. The minimum absolute atomic E-state index is 0.391. The van der Waals surface area contributed by atoms with Gasteiger partial charge in [-0.3, -0.25) is 0 Å². The van der Waals surface area contributed by atoms with Gasteiger partial charge in [0, 0.05) is 5.69 Å². The fourth-order valence-corrected chi connectivity index (χ4v) is 3.38. The highest BCUT2D eigenvalue weighted by Gasteiger charge is 2.32. The Labute approximate surface area is 155 Å². The summed E-state index contributed by atoms with van der Waals surface area (Å²) in [5.41, 5.74) is 6.55. The molecule has 0 bridgehead atoms. The van der Waals surface area contributed by atoms with Crippen molar-refractivity contribution in [1.82, 2.24) is 20.2 Å². The van der Waals surface area contributed by atoms with E-state index in [2.05, 4.69) is 98.8 Å². The topological polar surface area (TPSA) is 55.6 Å². The summed E-state index contributed by atoms with van der Waals surface area (Å²) >= 11 is 0. The van der Waals surface area contributed by atoms with Gasteiger partial charge >= 0.3 is 0 Å². The van der Waals surface area contributed by atoms with Crippen LogP contribution in [0.2, 0.25) is 0 Å². The van der Waals surface area contributed by atoms with Crippen molar-refractivity contribution in [3.63, 3.8) is 0 Å². The number of hydrogen-bond donors (Lipinski definition) is 1. The number of aromatic nitrogens is 4. The number of anilines is 1. The summed E-state index contributed by atoms with van der Waals surface area (Å²) in [7, 11) is 0. The van der Waals surface area contributed by atoms with Gasteiger partial charge in [0.15, 0.2) is 5.82 Å². The van der Waals surface area contributed by atoms with E-state index in [0.717, 1.165) is 34.7 Å². The van der Waals surface area contributed by atoms with Crippen LogP contribution in [-0.4, -0.2) is 20.2 Å². The second-order valence-corrected chi connectivity index (χ2v) is 7.28. The lowest BCUT2D eigenvalue weighted by molar-refractivity contribution is 0.474. The molecule has 0 fully saturated rings. The first-order valence-corrected chi connectivity index (χ1v) is 9.06. The number of benzene rings is 2. The zero-order valence-corrected chi connectivity index (χ0v) is 16.5. The van der Waals surface area contributed by atoms with Crippen molar-refractivity contribution in [3.8, 4) is 5.69 Å². The smallest absolute Gasteiger partial charge is 0.181 e. The second kappa shape index (κ2) is 6.90. The number of nitrogens with one attached hydrogen (secondary N) is 1. The monoisotopic (exact) mass is 349 g/mol. The highest BCUT2D eigenvalue weighted by atomic mass is 15.6. The van der Waals surface area contributed by atoms with Crippen molar-refractivity contribution in [1.29, 1.82) is 0 Å². The number of aryl methyl sites for hydroxylation is 4. The van der Waals surface area contributed by atoms with Gasteiger partial charge in [-0.2, -0.15) is 4.68 Å². The van der Waals surface area contributed by atoms with Crippen molar-refractivity contribution in [2.24, 2.45) is 0 Å². The molecule has 5 nitrogen and oxygen atoms in total. The quantitative estimate of drug-likeness (QED) is 0.729. The first-order valence-electron chi connectivity index (χ1n) is 9.06. The molecule has 0 unspecified atom stereocenters. The maximum Gasteiger partial charge on any atom is 0.181 e. The van der Waals surface area contributed by atoms with E-state index in [9.17, 15) is 0 Å². The summed E-state index contributed by atoms with van der Waals surface area (Å²) in [6, 6.07) is 12.7. The van der Waals surface area contributed by atoms with Crippen LogP contribution in [0.25, 0.3) is 5.69 Å². The number of tetrazole rings is 1. The predicted octanol–water partition coefficient (Wildman–Crippen LogP) is 4.63. The maximum absolute atomic E-state index is 4.40. The first-order chi connectivity index (χ1) is 12.4. The van der Waals surface area contributed by atoms with Gasteiger partial charge in [-0.1, -0.05) is 42.8 Å². The molecule has 3 aromatic rings. The number of hydrogen-bond acceptors (Lipinski definition) is 4. The molecule has 0 aliphatic rings. The van der Waals surface area contributed by atoms with Crippen LogP contribution in [0.1, 0.15) is 48.3 Å². The van der Waals surface area contributed by atoms with E-state index in [1.165, 1.54) is 11.1 Å². The lowest BCUT2D eigenvalue weighted by atomic mass is 9.95. The SMILES string of the molecule is CC[C@@](C)(Nc1ccc(C)cc1C)c1nnnn1-c1c(C)cccc1C. The van der Waals surface area contributed by atoms with Crippen molar-refractivity contribution in [3.05, 3.63) is 64.5 Å². The van der Waals surface area contributed by atoms with Gasteiger partial charge in [0.05, 0.1) is 11.2 Å². The third-order valence-electron chi connectivity index (χ3n) is 5.11. The molecule has 0 saturated carbocycles. The minimum Gasteiger partial charge on any atom is -0.373 e. The van der Waals surface area contributed by atoms with Crippen molar-refractivity contribution < 1.29 is 0 Å². The molecule has 0 radical (unpaired) electrons. The molecule has 3 rings (SSSR count). The zero-order chi connectivity index (χ0) is 18.9. The lowest BCUT2D eigenvalue weighted by Gasteiger charge is -2.30. The Hall–Kier alpha value is -2.69. The Balaban J connectivity index is 2.08. The Morgan fingerprint density at radius 1 is 1.00 bits per heavy atom. The van der Waals surface area contributed by atoms with Gasteiger partial charge in [-0.05, 0) is 74.2 Å². The lowest BCUT2D eigenvalue weighted by Crippen LogP contribution is -2.35. The average Bonchev–Trinajstić information content (AvgIpc) is 3.07. The molecule has 26 heavy (non-hydrogen) atoms. The molecular formula is C21H27N5. The van der Waals surface area contributed by atoms with Crippen LogP contribution in [-0.2, 0) is 5.54 Å². The third-order valence-corrected chi connectivity index (χ3v) is 5.11. The summed E-state index contributed by atoms with van der Waals surface area (Å²) < 4.78 is 1.88. The molecular weight excluding hydrogens is 322 g/mol. The molecule has 0 aliphatic heterocycles. The molecule has 5 heteroatoms. The van der Waals surface area contributed by atoms with Gasteiger partial charge in [0.25, 0.3) is 0 Å². The number of para-hydroxylation sites is 1. The highest BCUT2D eigenvalue weighted by molar-refractivity contribution is 5.55. The zero-order valence-electron chi connectivity index (χ0n) is 16.5. The van der Waals surface area contributed by atoms with E-state index in [4.69, 9.17) is 0 Å². The van der Waals surface area contributed by atoms with E-state index in [0.29, 0.717) is 0 Å². The minimum atomic E-state index is -0.391. The summed E-state index contributed by atoms with van der Waals surface area (Å²) in [6.45, 7) is 12.7. The molecule has 0 amide bonds. The second-order valence-electron chi connectivity index (χ2n) is 7.28. The maximum atomic E-state index is 4.40. The molecule has 1 N–H and O–H groups in total. The molecule has 0 spiro atoms. The van der Waals surface area contributed by atoms with Gasteiger partial charge in [-0.15, -0.1) is 5.10 Å². The molecule has 0 saturated heterocycles. The Morgan fingerprint density at radius 2 is 1.69 bits per heavy atom. The van der Waals surface area contributed by atoms with Gasteiger partial charge in [0.1, 0.15) is 0 Å². The Bertz CT molecular complexity index is 908. The van der Waals surface area contributed by atoms with Crippen LogP contribution in [0.4, 0.5) is 5.69 Å². The van der Waals surface area contributed by atoms with E-state index < -0.39 is 5.54 Å². The summed E-state index contributed by atoms with van der Waals surface area (Å²) in [5, 5.41) is 16.4. The normalized spacial score (nSPS) is 13.5. The van der Waals surface area contributed by atoms with Gasteiger partial charge in [0.2, 0.25) is 0 Å². The summed E-state index contributed by atoms with van der Waals surface area (Å²) in [4.78, 5) is 0. The van der Waals surface area contributed by atoms with Gasteiger partial charge in [-0.25, -0.2) is 0 Å². The average molecular weight is 349 g/mol. The van der Waals surface area contributed by atoms with E-state index in [1.807, 2.05) is 4.68 Å². The van der Waals surface area contributed by atoms with E-state index in [1.54, 1.807) is 0 Å². The largest absolute Gasteiger partial charge is 0.373 e. The van der Waals surface area contributed by atoms with Crippen molar-refractivity contribution >= 4 is 5.69 Å². The van der Waals surface area contributed by atoms with Crippen LogP contribution >= 0.6 is 0 Å². The fourth-order valence-electron chi connectivity index (χ4n) is 3.38. The fraction of sp³-hybridized carbons (Fsp3) is 0.381. The molecule has 1 aromatic heterocycles. The first kappa shape index (κ1) is 18.1. The molecule has 1 atom stereocenters. The predicted molar refractivity (Wildman–Crippen MR) is 106 cm³/mol. The Morgan fingerprint density at radius 3 is 2.31 bits per heavy atom. The van der Waals surface area contributed by atoms with Gasteiger partial charge < -0.3 is 5.32 Å². The van der Waals surface area contributed by atoms with E-state index in [-0.39, 0.29) is 0 Å². The summed E-state index contributed by atoms with van der Waals surface area (Å²) in [5.74, 6) is 0.817. The van der Waals surface area contributed by atoms with Crippen LogP contribution in [0.15, 0.2) is 36.4 Å². The van der Waals surface area contributed by atoms with Crippen LogP contribution in [0.3, 0.4) is 0 Å².